The molecule has 0 spiro atoms. The predicted octanol–water partition coefficient (Wildman–Crippen LogP) is 3.83. The standard InChI is InChI=1S/C17H22N2/c1-12-8-13(2)17(14(3)9-12)19(4)11-15-6-5-7-16(18)10-15/h5-10H,11,18H2,1-4H3. The van der Waals surface area contributed by atoms with E-state index in [1.54, 1.807) is 0 Å². The highest BCUT2D eigenvalue weighted by Gasteiger charge is 2.09. The first-order valence-corrected chi connectivity index (χ1v) is 6.61. The van der Waals surface area contributed by atoms with E-state index in [0.29, 0.717) is 0 Å². The maximum Gasteiger partial charge on any atom is 0.0427 e. The lowest BCUT2D eigenvalue weighted by Gasteiger charge is -2.24. The number of hydrogen-bond acceptors (Lipinski definition) is 2. The average Bonchev–Trinajstić information content (AvgIpc) is 2.27. The Kier molecular flexibility index (Phi) is 3.79. The van der Waals surface area contributed by atoms with Crippen LogP contribution in [0.2, 0.25) is 0 Å². The van der Waals surface area contributed by atoms with Gasteiger partial charge in [-0.25, -0.2) is 0 Å². The van der Waals surface area contributed by atoms with Gasteiger partial charge in [0.05, 0.1) is 0 Å². The zero-order chi connectivity index (χ0) is 14.0. The highest BCUT2D eigenvalue weighted by Crippen LogP contribution is 2.26. The van der Waals surface area contributed by atoms with Crippen molar-refractivity contribution >= 4 is 11.4 Å². The van der Waals surface area contributed by atoms with Crippen molar-refractivity contribution in [2.75, 3.05) is 17.7 Å². The van der Waals surface area contributed by atoms with Gasteiger partial charge in [-0.2, -0.15) is 0 Å². The van der Waals surface area contributed by atoms with Gasteiger partial charge in [0, 0.05) is 25.0 Å². The van der Waals surface area contributed by atoms with E-state index in [0.717, 1.165) is 12.2 Å². The number of anilines is 2. The third-order valence-electron chi connectivity index (χ3n) is 3.39. The van der Waals surface area contributed by atoms with Crippen LogP contribution >= 0.6 is 0 Å². The molecule has 0 radical (unpaired) electrons. The quantitative estimate of drug-likeness (QED) is 0.843. The normalized spacial score (nSPS) is 10.5. The van der Waals surface area contributed by atoms with E-state index in [1.165, 1.54) is 27.9 Å². The lowest BCUT2D eigenvalue weighted by atomic mass is 10.0. The fourth-order valence-corrected chi connectivity index (χ4v) is 2.82. The molecular formula is C17H22N2. The Morgan fingerprint density at radius 3 is 2.21 bits per heavy atom. The van der Waals surface area contributed by atoms with Crippen LogP contribution in [0.1, 0.15) is 22.3 Å². The molecule has 0 fully saturated rings. The van der Waals surface area contributed by atoms with Crippen molar-refractivity contribution in [2.24, 2.45) is 0 Å². The molecule has 100 valence electrons. The molecular weight excluding hydrogens is 232 g/mol. The van der Waals surface area contributed by atoms with Gasteiger partial charge in [-0.15, -0.1) is 0 Å². The van der Waals surface area contributed by atoms with Crippen molar-refractivity contribution in [1.29, 1.82) is 0 Å². The second-order valence-corrected chi connectivity index (χ2v) is 5.35. The molecule has 0 aliphatic rings. The van der Waals surface area contributed by atoms with Crippen LogP contribution in [-0.2, 0) is 6.54 Å². The summed E-state index contributed by atoms with van der Waals surface area (Å²) >= 11 is 0. The second kappa shape index (κ2) is 5.35. The molecule has 0 saturated heterocycles. The third kappa shape index (κ3) is 3.08. The molecule has 2 heteroatoms. The number of nitrogens with zero attached hydrogens (tertiary/aromatic N) is 1. The largest absolute Gasteiger partial charge is 0.399 e. The minimum Gasteiger partial charge on any atom is -0.399 e. The topological polar surface area (TPSA) is 29.3 Å². The van der Waals surface area contributed by atoms with Gasteiger partial charge in [-0.1, -0.05) is 29.8 Å². The molecule has 0 atom stereocenters. The second-order valence-electron chi connectivity index (χ2n) is 5.35. The summed E-state index contributed by atoms with van der Waals surface area (Å²) in [7, 11) is 2.13. The number of nitrogen functional groups attached to an aromatic ring is 1. The highest BCUT2D eigenvalue weighted by atomic mass is 15.1. The van der Waals surface area contributed by atoms with Crippen molar-refractivity contribution in [3.05, 3.63) is 58.7 Å². The van der Waals surface area contributed by atoms with Crippen LogP contribution in [-0.4, -0.2) is 7.05 Å². The van der Waals surface area contributed by atoms with Gasteiger partial charge in [-0.3, -0.25) is 0 Å². The summed E-state index contributed by atoms with van der Waals surface area (Å²) in [4.78, 5) is 2.29. The zero-order valence-corrected chi connectivity index (χ0v) is 12.2. The summed E-state index contributed by atoms with van der Waals surface area (Å²) in [5.41, 5.74) is 13.2. The number of nitrogens with two attached hydrogens (primary N) is 1. The molecule has 0 heterocycles. The average molecular weight is 254 g/mol. The molecule has 2 aromatic carbocycles. The van der Waals surface area contributed by atoms with Crippen LogP contribution in [0.3, 0.4) is 0 Å². The van der Waals surface area contributed by atoms with Crippen molar-refractivity contribution in [2.45, 2.75) is 27.3 Å². The molecule has 19 heavy (non-hydrogen) atoms. The summed E-state index contributed by atoms with van der Waals surface area (Å²) in [6.07, 6.45) is 0. The van der Waals surface area contributed by atoms with Crippen LogP contribution in [0.15, 0.2) is 36.4 Å². The minimum absolute atomic E-state index is 0.822. The van der Waals surface area contributed by atoms with Gasteiger partial charge in [0.15, 0.2) is 0 Å². The van der Waals surface area contributed by atoms with E-state index in [2.05, 4.69) is 50.9 Å². The lowest BCUT2D eigenvalue weighted by Crippen LogP contribution is -2.18. The van der Waals surface area contributed by atoms with Crippen molar-refractivity contribution in [3.8, 4) is 0 Å². The molecule has 0 amide bonds. The Morgan fingerprint density at radius 2 is 1.63 bits per heavy atom. The first-order valence-electron chi connectivity index (χ1n) is 6.61. The Bertz CT molecular complexity index is 565. The van der Waals surface area contributed by atoms with Crippen molar-refractivity contribution in [3.63, 3.8) is 0 Å². The van der Waals surface area contributed by atoms with Gasteiger partial charge in [-0.05, 0) is 49.6 Å². The van der Waals surface area contributed by atoms with E-state index in [1.807, 2.05) is 18.2 Å². The molecule has 2 aromatic rings. The Morgan fingerprint density at radius 1 is 1.00 bits per heavy atom. The Balaban J connectivity index is 2.28. The summed E-state index contributed by atoms with van der Waals surface area (Å²) in [6, 6.07) is 12.6. The molecule has 0 aliphatic heterocycles. The molecule has 2 rings (SSSR count). The van der Waals surface area contributed by atoms with Crippen molar-refractivity contribution in [1.82, 2.24) is 0 Å². The van der Waals surface area contributed by atoms with Gasteiger partial charge in [0.2, 0.25) is 0 Å². The van der Waals surface area contributed by atoms with Crippen LogP contribution in [0.4, 0.5) is 11.4 Å². The van der Waals surface area contributed by atoms with Crippen LogP contribution in [0.25, 0.3) is 0 Å². The monoisotopic (exact) mass is 254 g/mol. The van der Waals surface area contributed by atoms with E-state index in [-0.39, 0.29) is 0 Å². The maximum absolute atomic E-state index is 5.83. The summed E-state index contributed by atoms with van der Waals surface area (Å²) in [6.45, 7) is 7.35. The number of hydrogen-bond donors (Lipinski definition) is 1. The zero-order valence-electron chi connectivity index (χ0n) is 12.2. The van der Waals surface area contributed by atoms with Gasteiger partial charge in [0.25, 0.3) is 0 Å². The lowest BCUT2D eigenvalue weighted by molar-refractivity contribution is 0.911. The van der Waals surface area contributed by atoms with E-state index < -0.39 is 0 Å². The van der Waals surface area contributed by atoms with Gasteiger partial charge < -0.3 is 10.6 Å². The summed E-state index contributed by atoms with van der Waals surface area (Å²) in [5.74, 6) is 0. The van der Waals surface area contributed by atoms with E-state index in [4.69, 9.17) is 5.73 Å². The molecule has 0 saturated carbocycles. The fraction of sp³-hybridized carbons (Fsp3) is 0.294. The summed E-state index contributed by atoms with van der Waals surface area (Å²) in [5, 5.41) is 0. The van der Waals surface area contributed by atoms with Crippen LogP contribution < -0.4 is 10.6 Å². The molecule has 2 nitrogen and oxygen atoms in total. The van der Waals surface area contributed by atoms with Crippen LogP contribution in [0, 0.1) is 20.8 Å². The number of aryl methyl sites for hydroxylation is 3. The molecule has 0 unspecified atom stereocenters. The first-order chi connectivity index (χ1) is 8.97. The van der Waals surface area contributed by atoms with Gasteiger partial charge >= 0.3 is 0 Å². The highest BCUT2D eigenvalue weighted by molar-refractivity contribution is 5.60. The molecule has 0 aromatic heterocycles. The Hall–Kier alpha value is -1.96. The van der Waals surface area contributed by atoms with Crippen LogP contribution in [0.5, 0.6) is 0 Å². The summed E-state index contributed by atoms with van der Waals surface area (Å²) < 4.78 is 0. The maximum atomic E-state index is 5.83. The van der Waals surface area contributed by atoms with E-state index >= 15 is 0 Å². The molecule has 0 bridgehead atoms. The first kappa shape index (κ1) is 13.5. The minimum atomic E-state index is 0.822. The Labute approximate surface area is 115 Å². The predicted molar refractivity (Wildman–Crippen MR) is 83.6 cm³/mol. The molecule has 2 N–H and O–H groups in total. The fourth-order valence-electron chi connectivity index (χ4n) is 2.82. The SMILES string of the molecule is Cc1cc(C)c(N(C)Cc2cccc(N)c2)c(C)c1. The third-order valence-corrected chi connectivity index (χ3v) is 3.39. The van der Waals surface area contributed by atoms with Crippen molar-refractivity contribution < 1.29 is 0 Å². The molecule has 0 aliphatic carbocycles. The number of benzene rings is 2. The van der Waals surface area contributed by atoms with Gasteiger partial charge in [0.1, 0.15) is 0 Å². The smallest absolute Gasteiger partial charge is 0.0427 e. The van der Waals surface area contributed by atoms with E-state index in [9.17, 15) is 0 Å². The number of rotatable bonds is 3.